The number of nitrogens with one attached hydrogen (secondary N) is 14. The predicted octanol–water partition coefficient (Wildman–Crippen LogP) is -0.0187. The van der Waals surface area contributed by atoms with E-state index in [4.69, 9.17) is 5.11 Å². The molecule has 0 aromatic heterocycles. The molecule has 524 valence electrons. The number of hydrogen-bond acceptors (Lipinski definition) is 17. The molecule has 0 aliphatic carbocycles. The van der Waals surface area contributed by atoms with E-state index in [-0.39, 0.29) is 100 Å². The monoisotopic (exact) mass is 1320 g/mol. The number of unbranched alkanes of at least 4 members (excludes halogenated alkanes) is 5. The second-order valence-electron chi connectivity index (χ2n) is 24.8. The summed E-state index contributed by atoms with van der Waals surface area (Å²) in [6.07, 6.45) is 4.34. The summed E-state index contributed by atoms with van der Waals surface area (Å²) in [5.41, 5.74) is 0.988. The summed E-state index contributed by atoms with van der Waals surface area (Å²) in [5, 5.41) is 80.6. The third kappa shape index (κ3) is 33.8. The Morgan fingerprint density at radius 3 is 1.30 bits per heavy atom. The third-order valence-electron chi connectivity index (χ3n) is 16.3. The summed E-state index contributed by atoms with van der Waals surface area (Å²) in [6, 6.07) is 10.8. The van der Waals surface area contributed by atoms with Crippen LogP contribution in [0.1, 0.15) is 134 Å². The van der Waals surface area contributed by atoms with Crippen molar-refractivity contribution in [3.8, 4) is 0 Å². The molecule has 29 heteroatoms. The second kappa shape index (κ2) is 44.7. The smallest absolute Gasteiger partial charge is 0.326 e. The molecule has 3 aliphatic rings. The van der Waals surface area contributed by atoms with Gasteiger partial charge in [0.25, 0.3) is 0 Å². The quantitative estimate of drug-likeness (QED) is 0.0390. The number of hydrogen-bond donors (Lipinski definition) is 18. The van der Waals surface area contributed by atoms with Crippen molar-refractivity contribution in [2.45, 2.75) is 171 Å². The zero-order valence-corrected chi connectivity index (χ0v) is 54.5. The van der Waals surface area contributed by atoms with Crippen molar-refractivity contribution in [3.05, 3.63) is 71.8 Å². The Morgan fingerprint density at radius 2 is 0.819 bits per heavy atom. The molecule has 3 aliphatic heterocycles. The maximum Gasteiger partial charge on any atom is 0.326 e. The van der Waals surface area contributed by atoms with Gasteiger partial charge in [-0.15, -0.1) is 0 Å². The first-order valence-electron chi connectivity index (χ1n) is 33.2. The fourth-order valence-electron chi connectivity index (χ4n) is 11.0. The van der Waals surface area contributed by atoms with Gasteiger partial charge in [0.2, 0.25) is 35.4 Å². The molecule has 2 aromatic rings. The van der Waals surface area contributed by atoms with Crippen LogP contribution in [0.25, 0.3) is 0 Å². The SMILES string of the molecule is CC12CNCCNCC(NC(=O)CCCC(=O)N[C@H](Cc3ccccc3)C(=O)N[C@H](CCc3ccccc3)C(=O)NC(CCCCNC(=O)CCCCCCC(=O)NCCCCC(NC(=O)NC(CCC(=O)O)C(=O)O)C(=O)O)C(=O)O)(CNCCNC1)CNCCNC2. The number of carbonyl (C=O) groups is 11. The first-order chi connectivity index (χ1) is 45.1. The Hall–Kier alpha value is -7.83. The lowest BCUT2D eigenvalue weighted by molar-refractivity contribution is -0.143. The molecule has 2 bridgehead atoms. The van der Waals surface area contributed by atoms with E-state index in [0.717, 1.165) is 50.4 Å². The van der Waals surface area contributed by atoms with Gasteiger partial charge in [0, 0.05) is 136 Å². The lowest BCUT2D eigenvalue weighted by Gasteiger charge is -2.37. The number of amides is 8. The maximum atomic E-state index is 14.4. The number of benzene rings is 2. The third-order valence-corrected chi connectivity index (χ3v) is 16.3. The summed E-state index contributed by atoms with van der Waals surface area (Å²) in [5.74, 6) is -7.77. The summed E-state index contributed by atoms with van der Waals surface area (Å²) in [6.45, 7) is 11.3. The largest absolute Gasteiger partial charge is 0.481 e. The highest BCUT2D eigenvalue weighted by molar-refractivity contribution is 5.94. The lowest BCUT2D eigenvalue weighted by Crippen LogP contribution is -2.66. The zero-order chi connectivity index (χ0) is 68.4. The first kappa shape index (κ1) is 78.6. The van der Waals surface area contributed by atoms with Gasteiger partial charge in [-0.25, -0.2) is 19.2 Å². The van der Waals surface area contributed by atoms with E-state index in [1.165, 1.54) is 0 Å². The normalized spacial score (nSPS) is 18.7. The van der Waals surface area contributed by atoms with Crippen molar-refractivity contribution in [3.63, 3.8) is 0 Å². The molecule has 8 amide bonds. The minimum absolute atomic E-state index is 0.00541. The molecule has 94 heavy (non-hydrogen) atoms. The molecule has 0 saturated carbocycles. The molecule has 3 saturated heterocycles. The molecular formula is C65H104N14O15. The predicted molar refractivity (Wildman–Crippen MR) is 351 cm³/mol. The lowest BCUT2D eigenvalue weighted by atomic mass is 9.90. The molecular weight excluding hydrogens is 1220 g/mol. The molecule has 0 spiro atoms. The topological polar surface area (TPSA) is 437 Å². The van der Waals surface area contributed by atoms with Gasteiger partial charge in [-0.1, -0.05) is 80.4 Å². The van der Waals surface area contributed by atoms with Gasteiger partial charge in [-0.05, 0) is 88.2 Å². The van der Waals surface area contributed by atoms with Gasteiger partial charge in [0.15, 0.2) is 0 Å². The Morgan fingerprint density at radius 1 is 0.404 bits per heavy atom. The number of carbonyl (C=O) groups excluding carboxylic acids is 7. The van der Waals surface area contributed by atoms with Gasteiger partial charge in [-0.3, -0.25) is 33.6 Å². The van der Waals surface area contributed by atoms with Crippen molar-refractivity contribution >= 4 is 65.4 Å². The second-order valence-corrected chi connectivity index (χ2v) is 24.8. The Balaban J connectivity index is 1.21. The molecule has 18 N–H and O–H groups in total. The molecule has 3 heterocycles. The Kier molecular flexibility index (Phi) is 37.4. The fourth-order valence-corrected chi connectivity index (χ4v) is 11.0. The summed E-state index contributed by atoms with van der Waals surface area (Å²) in [4.78, 5) is 140. The van der Waals surface area contributed by atoms with E-state index in [2.05, 4.69) is 81.4 Å². The van der Waals surface area contributed by atoms with Crippen LogP contribution in [-0.2, 0) is 60.8 Å². The Bertz CT molecular complexity index is 2630. The van der Waals surface area contributed by atoms with E-state index in [0.29, 0.717) is 97.1 Å². The van der Waals surface area contributed by atoms with Crippen LogP contribution in [0.15, 0.2) is 60.7 Å². The minimum Gasteiger partial charge on any atom is -0.481 e. The number of aliphatic carboxylic acids is 4. The van der Waals surface area contributed by atoms with E-state index >= 15 is 0 Å². The van der Waals surface area contributed by atoms with Crippen molar-refractivity contribution in [2.24, 2.45) is 5.41 Å². The van der Waals surface area contributed by atoms with Crippen molar-refractivity contribution < 1.29 is 73.2 Å². The molecule has 0 radical (unpaired) electrons. The van der Waals surface area contributed by atoms with Crippen molar-refractivity contribution in [1.29, 1.82) is 0 Å². The van der Waals surface area contributed by atoms with Gasteiger partial charge in [0.05, 0.1) is 5.54 Å². The number of aryl methyl sites for hydroxylation is 1. The van der Waals surface area contributed by atoms with Crippen LogP contribution in [0.5, 0.6) is 0 Å². The van der Waals surface area contributed by atoms with Crippen LogP contribution in [0.4, 0.5) is 4.79 Å². The van der Waals surface area contributed by atoms with Gasteiger partial charge < -0.3 is 94.9 Å². The number of carboxylic acids is 4. The van der Waals surface area contributed by atoms with Crippen LogP contribution in [0.2, 0.25) is 0 Å². The zero-order valence-electron chi connectivity index (χ0n) is 54.5. The van der Waals surface area contributed by atoms with Crippen LogP contribution in [-0.4, -0.2) is 213 Å². The summed E-state index contributed by atoms with van der Waals surface area (Å²) < 4.78 is 0. The van der Waals surface area contributed by atoms with Gasteiger partial charge in [0.1, 0.15) is 30.2 Å². The number of urea groups is 1. The van der Waals surface area contributed by atoms with Crippen molar-refractivity contribution in [1.82, 2.24) is 74.4 Å². The molecule has 29 nitrogen and oxygen atoms in total. The average Bonchev–Trinajstić information content (AvgIpc) is 0.980. The van der Waals surface area contributed by atoms with E-state index < -0.39 is 89.8 Å². The number of carboxylic acid groups (broad SMARTS) is 4. The van der Waals surface area contributed by atoms with Gasteiger partial charge >= 0.3 is 29.9 Å². The Labute approximate surface area is 550 Å². The fraction of sp³-hybridized carbons (Fsp3) is 0.646. The minimum atomic E-state index is -1.52. The maximum absolute atomic E-state index is 14.4. The average molecular weight is 1320 g/mol. The summed E-state index contributed by atoms with van der Waals surface area (Å²) in [7, 11) is 0. The van der Waals surface area contributed by atoms with E-state index in [9.17, 15) is 68.1 Å². The molecule has 2 aromatic carbocycles. The van der Waals surface area contributed by atoms with Crippen LogP contribution in [0.3, 0.4) is 0 Å². The van der Waals surface area contributed by atoms with Gasteiger partial charge in [-0.2, -0.15) is 0 Å². The standard InChI is InChI=1S/C65H104N14O15/c1-64-40-66-33-36-69-43-65(44-70-37-34-67-41-64,45-71-38-35-68-42-64)79-56(83)26-16-25-55(82)74-52(39-47-19-8-5-9-20-47)59(87)75-48(28-27-46-17-6-4-7-18-46)58(86)76-49(60(88)89)21-12-14-31-72-53(80)23-10-2-3-11-24-54(81)73-32-15-13-22-50(61(90)91)77-63(94)78-51(62(92)93)29-30-57(84)85/h4-9,17-20,48-52,66-71H,2-3,10-16,21-45H2,1H3,(H,72,80)(H,73,81)(H,74,82)(H,75,87)(H,76,86)(H,79,83)(H,84,85)(H,88,89)(H,90,91)(H,92,93)(H2,77,78,94)/t48-,49?,50?,51?,52-,64?,65?/m1/s1. The molecule has 3 fully saturated rings. The highest BCUT2D eigenvalue weighted by Crippen LogP contribution is 2.15. The molecule has 5 rings (SSSR count). The van der Waals surface area contributed by atoms with E-state index in [1.807, 2.05) is 60.7 Å². The van der Waals surface area contributed by atoms with E-state index in [1.54, 1.807) is 0 Å². The van der Waals surface area contributed by atoms with Crippen LogP contribution < -0.4 is 74.4 Å². The summed E-state index contributed by atoms with van der Waals surface area (Å²) >= 11 is 0. The highest BCUT2D eigenvalue weighted by atomic mass is 16.4. The number of rotatable bonds is 40. The first-order valence-corrected chi connectivity index (χ1v) is 33.2. The van der Waals surface area contributed by atoms with Crippen LogP contribution in [0, 0.1) is 5.41 Å². The van der Waals surface area contributed by atoms with Crippen LogP contribution >= 0.6 is 0 Å². The number of fused-ring (bicyclic) bond motifs is 15. The highest BCUT2D eigenvalue weighted by Gasteiger charge is 2.34. The van der Waals surface area contributed by atoms with Crippen molar-refractivity contribution in [2.75, 3.05) is 91.6 Å². The molecule has 5 atom stereocenters. The molecule has 3 unspecified atom stereocenters.